The number of nitrogens with zero attached hydrogens (tertiary/aromatic N) is 5. The third kappa shape index (κ3) is 4.23. The van der Waals surface area contributed by atoms with Gasteiger partial charge in [-0.3, -0.25) is 14.5 Å². The zero-order valence-electron chi connectivity index (χ0n) is 9.39. The van der Waals surface area contributed by atoms with Gasteiger partial charge in [0, 0.05) is 11.1 Å². The van der Waals surface area contributed by atoms with Gasteiger partial charge in [-0.1, -0.05) is 12.1 Å². The van der Waals surface area contributed by atoms with Crippen LogP contribution in [0, 0.1) is 5.53 Å². The first-order valence-corrected chi connectivity index (χ1v) is 4.61. The van der Waals surface area contributed by atoms with Crippen LogP contribution in [0.2, 0.25) is 0 Å². The Labute approximate surface area is 106 Å². The van der Waals surface area contributed by atoms with Crippen molar-refractivity contribution in [3.63, 3.8) is 0 Å². The number of ketones is 2. The highest BCUT2D eigenvalue weighted by molar-refractivity contribution is 6.50. The Hall–Kier alpha value is -3.28. The van der Waals surface area contributed by atoms with Crippen LogP contribution in [0.25, 0.3) is 32.5 Å². The Bertz CT molecular complexity index is 583. The van der Waals surface area contributed by atoms with E-state index in [9.17, 15) is 14.7 Å². The number of fused-ring (bicyclic) bond motifs is 1. The molecule has 0 atom stereocenters. The lowest BCUT2D eigenvalue weighted by atomic mass is 9.95. The van der Waals surface area contributed by atoms with Crippen molar-refractivity contribution in [3.05, 3.63) is 61.8 Å². The predicted octanol–water partition coefficient (Wildman–Crippen LogP) is 2.91. The highest BCUT2D eigenvalue weighted by Gasteiger charge is 2.21. The number of aromatic hydroxyl groups is 1. The van der Waals surface area contributed by atoms with Gasteiger partial charge in [0.2, 0.25) is 11.6 Å². The molecule has 1 aliphatic rings. The molecule has 19 heavy (non-hydrogen) atoms. The number of nitrogens with one attached hydrogen (secondary N) is 1. The molecular weight excluding hydrogens is 252 g/mol. The first kappa shape index (κ1) is 15.7. The van der Waals surface area contributed by atoms with Crippen LogP contribution >= 0.6 is 0 Å². The summed E-state index contributed by atoms with van der Waals surface area (Å²) in [6.07, 6.45) is 2.62. The first-order valence-electron chi connectivity index (χ1n) is 4.61. The lowest BCUT2D eigenvalue weighted by molar-refractivity contribution is -0.110. The van der Waals surface area contributed by atoms with E-state index in [1.807, 2.05) is 0 Å². The van der Waals surface area contributed by atoms with Crippen LogP contribution < -0.4 is 0 Å². The van der Waals surface area contributed by atoms with Gasteiger partial charge < -0.3 is 16.2 Å². The van der Waals surface area contributed by atoms with Crippen LogP contribution in [0.4, 0.5) is 0 Å². The van der Waals surface area contributed by atoms with Gasteiger partial charge in [0.15, 0.2) is 0 Å². The molecule has 0 aliphatic heterocycles. The average molecular weight is 259 g/mol. The SMILES string of the molecule is O=C1C=Cc2c(O)cccc2C1=O.[N-]=[N+]=N.[N-]=[N+]=[N-]. The minimum absolute atomic E-state index is 0.0228. The van der Waals surface area contributed by atoms with Crippen molar-refractivity contribution in [2.45, 2.75) is 0 Å². The van der Waals surface area contributed by atoms with E-state index >= 15 is 0 Å². The molecule has 1 aromatic rings. The summed E-state index contributed by atoms with van der Waals surface area (Å²) in [5.41, 5.74) is 26.4. The summed E-state index contributed by atoms with van der Waals surface area (Å²) in [5.74, 6) is -1.08. The molecule has 9 nitrogen and oxygen atoms in total. The number of phenolic OH excluding ortho intramolecular Hbond substituents is 1. The topological polar surface area (TPSA) is 173 Å². The Kier molecular flexibility index (Phi) is 6.54. The van der Waals surface area contributed by atoms with Crippen LogP contribution in [0.1, 0.15) is 15.9 Å². The van der Waals surface area contributed by atoms with E-state index in [2.05, 4.69) is 0 Å². The van der Waals surface area contributed by atoms with E-state index < -0.39 is 11.6 Å². The highest BCUT2D eigenvalue weighted by Crippen LogP contribution is 2.25. The lowest BCUT2D eigenvalue weighted by Gasteiger charge is -2.08. The molecule has 0 bridgehead atoms. The van der Waals surface area contributed by atoms with Gasteiger partial charge in [0.05, 0.1) is 0 Å². The normalized spacial score (nSPS) is 10.7. The summed E-state index contributed by atoms with van der Waals surface area (Å²) in [4.78, 5) is 25.5. The second-order valence-electron chi connectivity index (χ2n) is 2.95. The Morgan fingerprint density at radius 2 is 1.63 bits per heavy atom. The molecule has 2 N–H and O–H groups in total. The Morgan fingerprint density at radius 1 is 1.11 bits per heavy atom. The number of phenols is 1. The van der Waals surface area contributed by atoms with E-state index in [1.54, 1.807) is 11.0 Å². The van der Waals surface area contributed by atoms with Crippen LogP contribution in [-0.2, 0) is 4.79 Å². The molecule has 0 spiro atoms. The number of hydrogen-bond donors (Lipinski definition) is 2. The van der Waals surface area contributed by atoms with E-state index in [-0.39, 0.29) is 11.3 Å². The molecule has 0 heterocycles. The summed E-state index contributed by atoms with van der Waals surface area (Å²) < 4.78 is 0. The number of rotatable bonds is 0. The molecule has 0 amide bonds. The average Bonchev–Trinajstić information content (AvgIpc) is 2.36. The van der Waals surface area contributed by atoms with E-state index in [4.69, 9.17) is 22.1 Å². The third-order valence-corrected chi connectivity index (χ3v) is 1.95. The number of Topliss-reactive ketones (excluding diaryl/α,β-unsaturated/α-hetero) is 1. The van der Waals surface area contributed by atoms with Gasteiger partial charge in [-0.25, -0.2) is 0 Å². The fraction of sp³-hybridized carbons (Fsp3) is 0. The fourth-order valence-electron chi connectivity index (χ4n) is 1.29. The molecular formula is C10H7N6O3-. The van der Waals surface area contributed by atoms with Gasteiger partial charge in [0.25, 0.3) is 0 Å². The van der Waals surface area contributed by atoms with E-state index in [1.165, 1.54) is 29.2 Å². The molecule has 0 radical (unpaired) electrons. The molecule has 0 aromatic heterocycles. The van der Waals surface area contributed by atoms with Gasteiger partial charge in [0.1, 0.15) is 5.75 Å². The first-order chi connectivity index (χ1) is 9.03. The van der Waals surface area contributed by atoms with Gasteiger partial charge in [-0.15, -0.1) is 5.53 Å². The van der Waals surface area contributed by atoms with Crippen molar-refractivity contribution in [3.8, 4) is 5.75 Å². The molecule has 96 valence electrons. The maximum absolute atomic E-state index is 11.3. The van der Waals surface area contributed by atoms with Crippen molar-refractivity contribution in [1.82, 2.24) is 0 Å². The van der Waals surface area contributed by atoms with Gasteiger partial charge in [-0.2, -0.15) is 0 Å². The largest absolute Gasteiger partial charge is 0.507 e. The Balaban J connectivity index is 0.000000465. The molecule has 0 saturated heterocycles. The maximum Gasteiger partial charge on any atom is 0.233 e. The minimum Gasteiger partial charge on any atom is -0.507 e. The fourth-order valence-corrected chi connectivity index (χ4v) is 1.29. The van der Waals surface area contributed by atoms with Crippen molar-refractivity contribution in [1.29, 1.82) is 5.53 Å². The van der Waals surface area contributed by atoms with Crippen molar-refractivity contribution >= 4 is 17.6 Å². The molecule has 0 unspecified atom stereocenters. The number of hydrogen-bond acceptors (Lipinski definition) is 4. The van der Waals surface area contributed by atoms with Crippen LogP contribution in [0.3, 0.4) is 0 Å². The minimum atomic E-state index is -0.562. The standard InChI is InChI=1S/C10H6O3.HN3.N3/c11-8-3-1-2-7-6(8)4-5-9(12)10(7)13;2*1-3-2/h1-5,11H;1H;/q;;-1. The quantitative estimate of drug-likeness (QED) is 0.316. The lowest BCUT2D eigenvalue weighted by Crippen LogP contribution is -2.15. The summed E-state index contributed by atoms with van der Waals surface area (Å²) >= 11 is 0. The smallest absolute Gasteiger partial charge is 0.233 e. The summed E-state index contributed by atoms with van der Waals surface area (Å²) in [5, 5.41) is 9.35. The summed E-state index contributed by atoms with van der Waals surface area (Å²) in [7, 11) is 0. The summed E-state index contributed by atoms with van der Waals surface area (Å²) in [6, 6.07) is 4.55. The second kappa shape index (κ2) is 7.91. The molecule has 0 fully saturated rings. The number of carbonyl (C=O) groups is 2. The number of carbonyl (C=O) groups excluding carboxylic acids is 2. The molecule has 1 aliphatic carbocycles. The highest BCUT2D eigenvalue weighted by atomic mass is 16.3. The van der Waals surface area contributed by atoms with Crippen molar-refractivity contribution in [2.24, 2.45) is 0 Å². The molecule has 9 heteroatoms. The molecule has 2 rings (SSSR count). The van der Waals surface area contributed by atoms with Crippen molar-refractivity contribution in [2.75, 3.05) is 0 Å². The molecule has 0 saturated carbocycles. The number of allylic oxidation sites excluding steroid dienone is 1. The van der Waals surface area contributed by atoms with Crippen LogP contribution in [-0.4, -0.2) is 16.7 Å². The monoisotopic (exact) mass is 259 g/mol. The zero-order valence-corrected chi connectivity index (χ0v) is 9.39. The van der Waals surface area contributed by atoms with Crippen LogP contribution in [0.5, 0.6) is 5.75 Å². The third-order valence-electron chi connectivity index (χ3n) is 1.95. The zero-order chi connectivity index (χ0) is 14.8. The van der Waals surface area contributed by atoms with Crippen LogP contribution in [0.15, 0.2) is 24.3 Å². The second-order valence-corrected chi connectivity index (χ2v) is 2.95. The number of benzene rings is 1. The van der Waals surface area contributed by atoms with E-state index in [0.717, 1.165) is 0 Å². The van der Waals surface area contributed by atoms with Gasteiger partial charge in [-0.05, 0) is 28.7 Å². The van der Waals surface area contributed by atoms with Gasteiger partial charge >= 0.3 is 0 Å². The van der Waals surface area contributed by atoms with E-state index in [0.29, 0.717) is 5.56 Å². The molecule has 1 aromatic carbocycles. The maximum atomic E-state index is 11.3. The summed E-state index contributed by atoms with van der Waals surface area (Å²) in [6.45, 7) is 0. The van der Waals surface area contributed by atoms with Crippen molar-refractivity contribution < 1.29 is 14.7 Å². The Morgan fingerprint density at radius 3 is 2.16 bits per heavy atom. The predicted molar refractivity (Wildman–Crippen MR) is 66.0 cm³/mol.